The molecule has 0 aromatic heterocycles. The van der Waals surface area contributed by atoms with Gasteiger partial charge in [0.05, 0.1) is 6.61 Å². The first-order valence-corrected chi connectivity index (χ1v) is 7.36. The number of nitrogens with zero attached hydrogens (tertiary/aromatic N) is 1. The fraction of sp³-hybridized carbons (Fsp3) is 0.500. The maximum Gasteiger partial charge on any atom is 0.324 e. The van der Waals surface area contributed by atoms with Crippen LogP contribution in [-0.4, -0.2) is 43.2 Å². The molecule has 1 N–H and O–H groups in total. The van der Waals surface area contributed by atoms with Crippen molar-refractivity contribution in [2.45, 2.75) is 19.5 Å². The molecule has 19 heavy (non-hydrogen) atoms. The summed E-state index contributed by atoms with van der Waals surface area (Å²) in [6.07, 6.45) is 0. The maximum absolute atomic E-state index is 11.9. The van der Waals surface area contributed by atoms with Crippen molar-refractivity contribution in [3.63, 3.8) is 0 Å². The van der Waals surface area contributed by atoms with E-state index in [1.165, 1.54) is 5.56 Å². The van der Waals surface area contributed by atoms with Crippen LogP contribution in [0.25, 0.3) is 0 Å². The molecule has 1 atom stereocenters. The SMILES string of the molecule is CCOC(=O)C1CNCCN1Cc1ccc(Br)cc1. The second kappa shape index (κ2) is 7.03. The van der Waals surface area contributed by atoms with Gasteiger partial charge in [0.1, 0.15) is 6.04 Å². The van der Waals surface area contributed by atoms with Gasteiger partial charge in [-0.2, -0.15) is 0 Å². The zero-order valence-electron chi connectivity index (χ0n) is 11.1. The molecule has 1 saturated heterocycles. The number of esters is 1. The summed E-state index contributed by atoms with van der Waals surface area (Å²) in [7, 11) is 0. The molecule has 1 aliphatic heterocycles. The van der Waals surface area contributed by atoms with Crippen LogP contribution in [0.5, 0.6) is 0 Å². The van der Waals surface area contributed by atoms with E-state index in [1.54, 1.807) is 0 Å². The van der Waals surface area contributed by atoms with Crippen molar-refractivity contribution in [1.29, 1.82) is 0 Å². The number of carbonyl (C=O) groups excluding carboxylic acids is 1. The first kappa shape index (κ1) is 14.5. The maximum atomic E-state index is 11.9. The number of carbonyl (C=O) groups is 1. The summed E-state index contributed by atoms with van der Waals surface area (Å²) in [5.41, 5.74) is 1.21. The van der Waals surface area contributed by atoms with E-state index in [2.05, 4.69) is 38.3 Å². The summed E-state index contributed by atoms with van der Waals surface area (Å²) in [6, 6.07) is 8.02. The van der Waals surface area contributed by atoms with Crippen LogP contribution in [0.2, 0.25) is 0 Å². The molecular weight excluding hydrogens is 308 g/mol. The molecule has 0 aliphatic carbocycles. The lowest BCUT2D eigenvalue weighted by atomic mass is 10.1. The molecule has 2 rings (SSSR count). The molecule has 104 valence electrons. The van der Waals surface area contributed by atoms with Crippen molar-refractivity contribution < 1.29 is 9.53 Å². The Bertz CT molecular complexity index is 422. The molecule has 1 fully saturated rings. The van der Waals surface area contributed by atoms with Gasteiger partial charge in [-0.3, -0.25) is 9.69 Å². The van der Waals surface area contributed by atoms with Crippen molar-refractivity contribution in [3.05, 3.63) is 34.3 Å². The van der Waals surface area contributed by atoms with E-state index >= 15 is 0 Å². The molecule has 0 bridgehead atoms. The Morgan fingerprint density at radius 1 is 1.47 bits per heavy atom. The van der Waals surface area contributed by atoms with Gasteiger partial charge in [-0.1, -0.05) is 28.1 Å². The molecule has 0 saturated carbocycles. The van der Waals surface area contributed by atoms with Crippen LogP contribution in [0.1, 0.15) is 12.5 Å². The summed E-state index contributed by atoms with van der Waals surface area (Å²) in [5.74, 6) is -0.133. The van der Waals surface area contributed by atoms with Gasteiger partial charge in [0.2, 0.25) is 0 Å². The summed E-state index contributed by atoms with van der Waals surface area (Å²) < 4.78 is 6.21. The average molecular weight is 327 g/mol. The molecule has 1 aromatic carbocycles. The Hall–Kier alpha value is -0.910. The lowest BCUT2D eigenvalue weighted by molar-refractivity contribution is -0.150. The van der Waals surface area contributed by atoms with Gasteiger partial charge >= 0.3 is 5.97 Å². The lowest BCUT2D eigenvalue weighted by Crippen LogP contribution is -2.54. The van der Waals surface area contributed by atoms with Gasteiger partial charge in [0.25, 0.3) is 0 Å². The number of hydrogen-bond donors (Lipinski definition) is 1. The van der Waals surface area contributed by atoms with Crippen molar-refractivity contribution in [2.75, 3.05) is 26.2 Å². The zero-order valence-corrected chi connectivity index (χ0v) is 12.6. The Labute approximate surface area is 122 Å². The highest BCUT2D eigenvalue weighted by molar-refractivity contribution is 9.10. The Balaban J connectivity index is 2.03. The lowest BCUT2D eigenvalue weighted by Gasteiger charge is -2.34. The molecule has 1 unspecified atom stereocenters. The van der Waals surface area contributed by atoms with Gasteiger partial charge in [0.15, 0.2) is 0 Å². The number of halogens is 1. The van der Waals surface area contributed by atoms with E-state index in [0.29, 0.717) is 13.2 Å². The Kier molecular flexibility index (Phi) is 5.36. The van der Waals surface area contributed by atoms with Crippen LogP contribution in [0.15, 0.2) is 28.7 Å². The smallest absolute Gasteiger partial charge is 0.324 e. The predicted molar refractivity (Wildman–Crippen MR) is 77.8 cm³/mol. The van der Waals surface area contributed by atoms with Gasteiger partial charge in [-0.15, -0.1) is 0 Å². The molecule has 1 aromatic rings. The third-order valence-electron chi connectivity index (χ3n) is 3.21. The van der Waals surface area contributed by atoms with Crippen LogP contribution < -0.4 is 5.32 Å². The van der Waals surface area contributed by atoms with Gasteiger partial charge in [0, 0.05) is 30.7 Å². The summed E-state index contributed by atoms with van der Waals surface area (Å²) in [5, 5.41) is 3.25. The predicted octanol–water partition coefficient (Wildman–Crippen LogP) is 1.79. The molecular formula is C14H19BrN2O2. The fourth-order valence-electron chi connectivity index (χ4n) is 2.23. The number of benzene rings is 1. The van der Waals surface area contributed by atoms with Gasteiger partial charge < -0.3 is 10.1 Å². The molecule has 1 heterocycles. The number of piperazine rings is 1. The highest BCUT2D eigenvalue weighted by atomic mass is 79.9. The van der Waals surface area contributed by atoms with E-state index in [0.717, 1.165) is 24.1 Å². The molecule has 0 radical (unpaired) electrons. The zero-order chi connectivity index (χ0) is 13.7. The van der Waals surface area contributed by atoms with Crippen molar-refractivity contribution in [2.24, 2.45) is 0 Å². The highest BCUT2D eigenvalue weighted by Crippen LogP contribution is 2.15. The standard InChI is InChI=1S/C14H19BrN2O2/c1-2-19-14(18)13-9-16-7-8-17(13)10-11-3-5-12(15)6-4-11/h3-6,13,16H,2,7-10H2,1H3. The molecule has 1 aliphatic rings. The highest BCUT2D eigenvalue weighted by Gasteiger charge is 2.29. The Morgan fingerprint density at radius 2 is 2.21 bits per heavy atom. The first-order valence-electron chi connectivity index (χ1n) is 6.56. The largest absolute Gasteiger partial charge is 0.465 e. The van der Waals surface area contributed by atoms with Gasteiger partial charge in [-0.25, -0.2) is 0 Å². The molecule has 5 heteroatoms. The second-order valence-electron chi connectivity index (χ2n) is 4.57. The fourth-order valence-corrected chi connectivity index (χ4v) is 2.50. The van der Waals surface area contributed by atoms with Crippen LogP contribution in [0.4, 0.5) is 0 Å². The summed E-state index contributed by atoms with van der Waals surface area (Å²) in [6.45, 7) is 5.48. The molecule has 4 nitrogen and oxygen atoms in total. The average Bonchev–Trinajstić information content (AvgIpc) is 2.42. The summed E-state index contributed by atoms with van der Waals surface area (Å²) >= 11 is 3.43. The van der Waals surface area contributed by atoms with Crippen molar-refractivity contribution in [1.82, 2.24) is 10.2 Å². The summed E-state index contributed by atoms with van der Waals surface area (Å²) in [4.78, 5) is 14.1. The van der Waals surface area contributed by atoms with Crippen molar-refractivity contribution >= 4 is 21.9 Å². The number of hydrogen-bond acceptors (Lipinski definition) is 4. The van der Waals surface area contributed by atoms with E-state index in [9.17, 15) is 4.79 Å². The minimum Gasteiger partial charge on any atom is -0.465 e. The first-order chi connectivity index (χ1) is 9.20. The van der Waals surface area contributed by atoms with Crippen LogP contribution in [0, 0.1) is 0 Å². The number of rotatable bonds is 4. The molecule has 0 spiro atoms. The molecule has 0 amide bonds. The normalized spacial score (nSPS) is 20.2. The van der Waals surface area contributed by atoms with E-state index in [-0.39, 0.29) is 12.0 Å². The van der Waals surface area contributed by atoms with E-state index < -0.39 is 0 Å². The van der Waals surface area contributed by atoms with Crippen LogP contribution in [-0.2, 0) is 16.1 Å². The Morgan fingerprint density at radius 3 is 2.89 bits per heavy atom. The van der Waals surface area contributed by atoms with E-state index in [4.69, 9.17) is 4.74 Å². The third kappa shape index (κ3) is 4.03. The van der Waals surface area contributed by atoms with E-state index in [1.807, 2.05) is 19.1 Å². The topological polar surface area (TPSA) is 41.6 Å². The number of nitrogens with one attached hydrogen (secondary N) is 1. The van der Waals surface area contributed by atoms with Crippen LogP contribution >= 0.6 is 15.9 Å². The number of ether oxygens (including phenoxy) is 1. The van der Waals surface area contributed by atoms with Crippen molar-refractivity contribution in [3.8, 4) is 0 Å². The quantitative estimate of drug-likeness (QED) is 0.856. The van der Waals surface area contributed by atoms with Crippen LogP contribution in [0.3, 0.4) is 0 Å². The minimum absolute atomic E-state index is 0.133. The monoisotopic (exact) mass is 326 g/mol. The minimum atomic E-state index is -0.183. The third-order valence-corrected chi connectivity index (χ3v) is 3.74. The second-order valence-corrected chi connectivity index (χ2v) is 5.48. The van der Waals surface area contributed by atoms with Gasteiger partial charge in [-0.05, 0) is 24.6 Å².